The lowest BCUT2D eigenvalue weighted by Gasteiger charge is -2.20. The van der Waals surface area contributed by atoms with Gasteiger partial charge >= 0.3 is 0 Å². The Morgan fingerprint density at radius 1 is 0.862 bits per heavy atom. The van der Waals surface area contributed by atoms with Crippen LogP contribution in [0.2, 0.25) is 0 Å². The first-order chi connectivity index (χ1) is 14.3. The van der Waals surface area contributed by atoms with Gasteiger partial charge < -0.3 is 18.9 Å². The Balaban J connectivity index is 1.55. The molecule has 4 heteroatoms. The van der Waals surface area contributed by atoms with E-state index in [0.717, 1.165) is 40.5 Å². The zero-order chi connectivity index (χ0) is 20.1. The van der Waals surface area contributed by atoms with Crippen molar-refractivity contribution in [2.24, 2.45) is 0 Å². The Morgan fingerprint density at radius 3 is 2.28 bits per heavy atom. The number of benzene rings is 3. The molecular formula is C25H26O4. The summed E-state index contributed by atoms with van der Waals surface area (Å²) in [5.74, 6) is 3.45. The molecule has 29 heavy (non-hydrogen) atoms. The average molecular weight is 390 g/mol. The second-order valence-corrected chi connectivity index (χ2v) is 6.98. The topological polar surface area (TPSA) is 36.9 Å². The fourth-order valence-electron chi connectivity index (χ4n) is 3.66. The minimum Gasteiger partial charge on any atom is -0.493 e. The van der Waals surface area contributed by atoms with Gasteiger partial charge in [-0.1, -0.05) is 49.4 Å². The molecule has 0 aromatic heterocycles. The third-order valence-electron chi connectivity index (χ3n) is 5.12. The molecule has 0 radical (unpaired) electrons. The first-order valence-electron chi connectivity index (χ1n) is 10.1. The fourth-order valence-corrected chi connectivity index (χ4v) is 3.66. The summed E-state index contributed by atoms with van der Waals surface area (Å²) in [4.78, 5) is 0. The molecule has 0 bridgehead atoms. The van der Waals surface area contributed by atoms with Crippen molar-refractivity contribution in [1.82, 2.24) is 0 Å². The average Bonchev–Trinajstić information content (AvgIpc) is 3.22. The van der Waals surface area contributed by atoms with E-state index >= 15 is 0 Å². The highest BCUT2D eigenvalue weighted by atomic mass is 16.7. The zero-order valence-electron chi connectivity index (χ0n) is 16.9. The van der Waals surface area contributed by atoms with Crippen molar-refractivity contribution in [3.05, 3.63) is 83.4 Å². The van der Waals surface area contributed by atoms with Crippen molar-refractivity contribution < 1.29 is 18.9 Å². The van der Waals surface area contributed by atoms with Crippen molar-refractivity contribution in [1.29, 1.82) is 0 Å². The number of ether oxygens (including phenoxy) is 4. The largest absolute Gasteiger partial charge is 0.493 e. The van der Waals surface area contributed by atoms with Crippen LogP contribution in [0.25, 0.3) is 0 Å². The molecular weight excluding hydrogens is 364 g/mol. The van der Waals surface area contributed by atoms with Gasteiger partial charge in [0.15, 0.2) is 11.5 Å². The number of hydrogen-bond acceptors (Lipinski definition) is 4. The summed E-state index contributed by atoms with van der Waals surface area (Å²) in [6.07, 6.45) is 0.948. The van der Waals surface area contributed by atoms with Gasteiger partial charge in [0.2, 0.25) is 6.79 Å². The lowest BCUT2D eigenvalue weighted by atomic mass is 9.88. The van der Waals surface area contributed by atoms with Gasteiger partial charge in [-0.2, -0.15) is 0 Å². The van der Waals surface area contributed by atoms with Gasteiger partial charge in [0.1, 0.15) is 18.1 Å². The number of hydrogen-bond donors (Lipinski definition) is 0. The summed E-state index contributed by atoms with van der Waals surface area (Å²) in [5.41, 5.74) is 3.50. The van der Waals surface area contributed by atoms with Gasteiger partial charge in [-0.3, -0.25) is 0 Å². The lowest BCUT2D eigenvalue weighted by Crippen LogP contribution is -2.04. The lowest BCUT2D eigenvalue weighted by molar-refractivity contribution is 0.173. The van der Waals surface area contributed by atoms with E-state index in [9.17, 15) is 0 Å². The van der Waals surface area contributed by atoms with Crippen molar-refractivity contribution in [2.75, 3.05) is 13.4 Å². The van der Waals surface area contributed by atoms with Gasteiger partial charge in [0, 0.05) is 17.5 Å². The molecule has 3 aromatic carbocycles. The molecule has 4 rings (SSSR count). The Labute approximate surface area is 172 Å². The van der Waals surface area contributed by atoms with E-state index in [-0.39, 0.29) is 12.7 Å². The Morgan fingerprint density at radius 2 is 1.59 bits per heavy atom. The third kappa shape index (κ3) is 4.32. The van der Waals surface area contributed by atoms with Gasteiger partial charge in [0.25, 0.3) is 0 Å². The van der Waals surface area contributed by atoms with Crippen LogP contribution in [0.5, 0.6) is 23.0 Å². The second-order valence-electron chi connectivity index (χ2n) is 6.98. The Bertz CT molecular complexity index is 935. The smallest absolute Gasteiger partial charge is 0.231 e. The Kier molecular flexibility index (Phi) is 5.89. The van der Waals surface area contributed by atoms with Crippen LogP contribution in [0, 0.1) is 0 Å². The third-order valence-corrected chi connectivity index (χ3v) is 5.12. The van der Waals surface area contributed by atoms with E-state index in [0.29, 0.717) is 13.2 Å². The fraction of sp³-hybridized carbons (Fsp3) is 0.280. The molecule has 0 saturated carbocycles. The highest BCUT2D eigenvalue weighted by molar-refractivity contribution is 5.55. The summed E-state index contributed by atoms with van der Waals surface area (Å²) >= 11 is 0. The van der Waals surface area contributed by atoms with E-state index in [2.05, 4.69) is 37.3 Å². The van der Waals surface area contributed by atoms with Crippen LogP contribution in [0.15, 0.2) is 66.7 Å². The molecule has 1 unspecified atom stereocenters. The molecule has 1 heterocycles. The standard InChI is InChI=1S/C25H26O4/c1-3-21(22-14-24-25(29-17-28-24)15-23(22)26-4-2)19-10-12-20(13-11-19)27-16-18-8-6-5-7-9-18/h5-15,21H,3-4,16-17H2,1-2H3. The van der Waals surface area contributed by atoms with Crippen molar-refractivity contribution >= 4 is 0 Å². The molecule has 1 atom stereocenters. The predicted molar refractivity (Wildman–Crippen MR) is 113 cm³/mol. The first-order valence-corrected chi connectivity index (χ1v) is 10.1. The zero-order valence-corrected chi connectivity index (χ0v) is 16.9. The molecule has 0 fully saturated rings. The van der Waals surface area contributed by atoms with E-state index in [4.69, 9.17) is 18.9 Å². The summed E-state index contributed by atoms with van der Waals surface area (Å²) in [6, 6.07) is 22.5. The SMILES string of the molecule is CCOc1cc2c(cc1C(CC)c1ccc(OCc3ccccc3)cc1)OCO2. The highest BCUT2D eigenvalue weighted by Crippen LogP contribution is 2.43. The van der Waals surface area contributed by atoms with Crippen LogP contribution in [0.1, 0.15) is 42.9 Å². The van der Waals surface area contributed by atoms with E-state index in [1.54, 1.807) is 0 Å². The van der Waals surface area contributed by atoms with Gasteiger partial charge in [0.05, 0.1) is 6.61 Å². The first kappa shape index (κ1) is 19.2. The monoisotopic (exact) mass is 390 g/mol. The molecule has 0 aliphatic carbocycles. The number of fused-ring (bicyclic) bond motifs is 1. The van der Waals surface area contributed by atoms with Crippen LogP contribution in [0.4, 0.5) is 0 Å². The molecule has 0 amide bonds. The quantitative estimate of drug-likeness (QED) is 0.477. The van der Waals surface area contributed by atoms with Crippen molar-refractivity contribution in [3.63, 3.8) is 0 Å². The normalized spacial score (nSPS) is 13.2. The summed E-state index contributed by atoms with van der Waals surface area (Å²) < 4.78 is 23.0. The molecule has 0 spiro atoms. The molecule has 3 aromatic rings. The van der Waals surface area contributed by atoms with Crippen LogP contribution in [0.3, 0.4) is 0 Å². The molecule has 150 valence electrons. The van der Waals surface area contributed by atoms with Gasteiger partial charge in [-0.15, -0.1) is 0 Å². The maximum atomic E-state index is 5.93. The number of rotatable bonds is 8. The Hall–Kier alpha value is -3.14. The minimum absolute atomic E-state index is 0.203. The molecule has 1 aliphatic rings. The highest BCUT2D eigenvalue weighted by Gasteiger charge is 2.23. The molecule has 1 aliphatic heterocycles. The minimum atomic E-state index is 0.203. The van der Waals surface area contributed by atoms with Gasteiger partial charge in [-0.05, 0) is 42.7 Å². The van der Waals surface area contributed by atoms with E-state index in [1.807, 2.05) is 43.3 Å². The second kappa shape index (κ2) is 8.91. The van der Waals surface area contributed by atoms with Crippen molar-refractivity contribution in [3.8, 4) is 23.0 Å². The van der Waals surface area contributed by atoms with E-state index < -0.39 is 0 Å². The summed E-state index contributed by atoms with van der Waals surface area (Å²) in [6.45, 7) is 5.61. The maximum Gasteiger partial charge on any atom is 0.231 e. The summed E-state index contributed by atoms with van der Waals surface area (Å²) in [7, 11) is 0. The summed E-state index contributed by atoms with van der Waals surface area (Å²) in [5, 5.41) is 0. The molecule has 4 nitrogen and oxygen atoms in total. The predicted octanol–water partition coefficient (Wildman–Crippen LogP) is 5.93. The van der Waals surface area contributed by atoms with Crippen molar-refractivity contribution in [2.45, 2.75) is 32.8 Å². The van der Waals surface area contributed by atoms with Crippen LogP contribution >= 0.6 is 0 Å². The van der Waals surface area contributed by atoms with E-state index in [1.165, 1.54) is 5.56 Å². The van der Waals surface area contributed by atoms with Crippen LogP contribution in [-0.4, -0.2) is 13.4 Å². The van der Waals surface area contributed by atoms with Crippen LogP contribution < -0.4 is 18.9 Å². The van der Waals surface area contributed by atoms with Gasteiger partial charge in [-0.25, -0.2) is 0 Å². The van der Waals surface area contributed by atoms with Crippen LogP contribution in [-0.2, 0) is 6.61 Å². The molecule has 0 saturated heterocycles. The molecule has 0 N–H and O–H groups in total. The maximum absolute atomic E-state index is 5.93.